The van der Waals surface area contributed by atoms with Crippen molar-refractivity contribution in [1.29, 1.82) is 0 Å². The molecule has 2 aromatic rings. The number of hydrogen-bond donors (Lipinski definition) is 0. The predicted molar refractivity (Wildman–Crippen MR) is 91.9 cm³/mol. The van der Waals surface area contributed by atoms with Crippen molar-refractivity contribution in [3.05, 3.63) is 91.2 Å². The van der Waals surface area contributed by atoms with Gasteiger partial charge in [-0.05, 0) is 5.56 Å². The van der Waals surface area contributed by atoms with E-state index in [0.29, 0.717) is 0 Å². The van der Waals surface area contributed by atoms with Crippen LogP contribution in [0, 0.1) is 0 Å². The summed E-state index contributed by atoms with van der Waals surface area (Å²) < 4.78 is 0. The Labute approximate surface area is 123 Å². The summed E-state index contributed by atoms with van der Waals surface area (Å²) in [7, 11) is -1.95. The second kappa shape index (κ2) is 5.64. The summed E-state index contributed by atoms with van der Waals surface area (Å²) in [4.78, 5) is 0. The lowest BCUT2D eigenvalue weighted by atomic mass is 10.0. The Morgan fingerprint density at radius 2 is 1.40 bits per heavy atom. The van der Waals surface area contributed by atoms with Crippen molar-refractivity contribution in [2.24, 2.45) is 0 Å². The monoisotopic (exact) mass is 278 g/mol. The lowest BCUT2D eigenvalue weighted by Crippen LogP contribution is -2.58. The topological polar surface area (TPSA) is 0 Å². The summed E-state index contributed by atoms with van der Waals surface area (Å²) >= 11 is 0. The first-order valence-corrected chi connectivity index (χ1v) is 9.54. The summed E-state index contributed by atoms with van der Waals surface area (Å²) in [5.41, 5.74) is 3.49. The van der Waals surface area contributed by atoms with Gasteiger partial charge in [0.1, 0.15) is 8.07 Å². The molecule has 0 radical (unpaired) electrons. The Hall–Kier alpha value is -1.86. The van der Waals surface area contributed by atoms with Crippen molar-refractivity contribution in [3.8, 4) is 0 Å². The van der Waals surface area contributed by atoms with Crippen molar-refractivity contribution in [2.75, 3.05) is 0 Å². The van der Waals surface area contributed by atoms with E-state index in [4.69, 9.17) is 0 Å². The molecule has 0 aliphatic rings. The van der Waals surface area contributed by atoms with E-state index in [0.717, 1.165) is 0 Å². The van der Waals surface area contributed by atoms with Gasteiger partial charge in [-0.2, -0.15) is 0 Å². The minimum atomic E-state index is -1.95. The van der Waals surface area contributed by atoms with Gasteiger partial charge in [-0.3, -0.25) is 0 Å². The minimum Gasteiger partial charge on any atom is -0.107 e. The molecule has 2 atom stereocenters. The number of rotatable bonds is 5. The molecule has 0 aromatic heterocycles. The fourth-order valence-corrected chi connectivity index (χ4v) is 6.16. The zero-order valence-corrected chi connectivity index (χ0v) is 13.3. The van der Waals surface area contributed by atoms with Crippen LogP contribution < -0.4 is 5.19 Å². The molecule has 0 aliphatic carbocycles. The Morgan fingerprint density at radius 3 is 1.85 bits per heavy atom. The van der Waals surface area contributed by atoms with Crippen LogP contribution in [0.4, 0.5) is 0 Å². The fourth-order valence-electron chi connectivity index (χ4n) is 2.83. The van der Waals surface area contributed by atoms with Crippen LogP contribution in [0.5, 0.6) is 0 Å². The smallest absolute Gasteiger partial charge is 0.107 e. The normalized spacial score (nSPS) is 16.7. The summed E-state index contributed by atoms with van der Waals surface area (Å²) in [6, 6.07) is 21.4. The molecule has 0 saturated carbocycles. The Kier molecular flexibility index (Phi) is 4.10. The number of benzene rings is 2. The van der Waals surface area contributed by atoms with Gasteiger partial charge >= 0.3 is 0 Å². The second-order valence-corrected chi connectivity index (χ2v) is 9.97. The highest BCUT2D eigenvalue weighted by Gasteiger charge is 2.44. The van der Waals surface area contributed by atoms with Crippen LogP contribution in [0.15, 0.2) is 85.6 Å². The van der Waals surface area contributed by atoms with Crippen LogP contribution in [-0.4, -0.2) is 8.07 Å². The largest absolute Gasteiger partial charge is 0.120 e. The van der Waals surface area contributed by atoms with E-state index < -0.39 is 8.07 Å². The molecule has 0 spiro atoms. The van der Waals surface area contributed by atoms with Crippen LogP contribution in [0.3, 0.4) is 0 Å². The lowest BCUT2D eigenvalue weighted by molar-refractivity contribution is 0.824. The van der Waals surface area contributed by atoms with Crippen LogP contribution in [0.25, 0.3) is 0 Å². The number of allylic oxidation sites excluding steroid dienone is 1. The fraction of sp³-hybridized carbons (Fsp3) is 0.158. The van der Waals surface area contributed by atoms with Gasteiger partial charge < -0.3 is 0 Å². The van der Waals surface area contributed by atoms with Crippen LogP contribution in [-0.2, 0) is 5.04 Å². The maximum absolute atomic E-state index is 4.16. The summed E-state index contributed by atoms with van der Waals surface area (Å²) in [6.07, 6.45) is 2.10. The van der Waals surface area contributed by atoms with Gasteiger partial charge in [0.2, 0.25) is 0 Å². The molecule has 0 heterocycles. The average Bonchev–Trinajstić information content (AvgIpc) is 2.54. The molecule has 0 bridgehead atoms. The molecule has 20 heavy (non-hydrogen) atoms. The van der Waals surface area contributed by atoms with Crippen molar-refractivity contribution >= 4 is 13.3 Å². The highest BCUT2D eigenvalue weighted by atomic mass is 28.3. The van der Waals surface area contributed by atoms with Gasteiger partial charge in [0.15, 0.2) is 0 Å². The standard InChI is InChI=1S/C19H22Si/c1-5-19(3,17-13-9-7-10-14-17)20(4,6-2)18-15-11-8-12-16-18/h5-16H,1-2H2,3-4H3. The van der Waals surface area contributed by atoms with Crippen LogP contribution in [0.2, 0.25) is 6.55 Å². The molecule has 0 saturated heterocycles. The molecule has 0 N–H and O–H groups in total. The lowest BCUT2D eigenvalue weighted by Gasteiger charge is -2.42. The second-order valence-electron chi connectivity index (χ2n) is 5.54. The van der Waals surface area contributed by atoms with Crippen LogP contribution in [0.1, 0.15) is 12.5 Å². The van der Waals surface area contributed by atoms with Gasteiger partial charge in [-0.15, -0.1) is 13.2 Å². The highest BCUT2D eigenvalue weighted by Crippen LogP contribution is 2.35. The molecule has 0 fully saturated rings. The van der Waals surface area contributed by atoms with Crippen LogP contribution >= 0.6 is 0 Å². The van der Waals surface area contributed by atoms with E-state index in [1.165, 1.54) is 10.8 Å². The van der Waals surface area contributed by atoms with E-state index in [1.807, 2.05) is 0 Å². The zero-order chi connectivity index (χ0) is 14.6. The Morgan fingerprint density at radius 1 is 0.900 bits per heavy atom. The molecule has 102 valence electrons. The van der Waals surface area contributed by atoms with Gasteiger partial charge in [-0.25, -0.2) is 0 Å². The van der Waals surface area contributed by atoms with E-state index >= 15 is 0 Å². The molecular formula is C19H22Si. The first kappa shape index (κ1) is 14.5. The molecule has 0 nitrogen and oxygen atoms in total. The molecular weight excluding hydrogens is 256 g/mol. The predicted octanol–water partition coefficient (Wildman–Crippen LogP) is 4.38. The molecule has 0 aliphatic heterocycles. The summed E-state index contributed by atoms with van der Waals surface area (Å²) in [5, 5.41) is 1.32. The first-order valence-electron chi connectivity index (χ1n) is 6.97. The number of hydrogen-bond acceptors (Lipinski definition) is 0. The van der Waals surface area contributed by atoms with Crippen molar-refractivity contribution < 1.29 is 0 Å². The maximum Gasteiger partial charge on any atom is 0.120 e. The van der Waals surface area contributed by atoms with Crippen molar-refractivity contribution in [1.82, 2.24) is 0 Å². The molecule has 2 unspecified atom stereocenters. The molecule has 0 amide bonds. The van der Waals surface area contributed by atoms with Gasteiger partial charge in [0.05, 0.1) is 0 Å². The van der Waals surface area contributed by atoms with Gasteiger partial charge in [-0.1, -0.05) is 91.1 Å². The van der Waals surface area contributed by atoms with Crippen molar-refractivity contribution in [2.45, 2.75) is 18.5 Å². The first-order chi connectivity index (χ1) is 9.58. The van der Waals surface area contributed by atoms with E-state index in [9.17, 15) is 0 Å². The third kappa shape index (κ3) is 2.18. The SMILES string of the molecule is C=CC(C)(c1ccccc1)[Si](C)(C=C)c1ccccc1. The Bertz CT molecular complexity index is 532. The zero-order valence-electron chi connectivity index (χ0n) is 12.3. The van der Waals surface area contributed by atoms with Gasteiger partial charge in [0, 0.05) is 5.04 Å². The molecule has 2 aromatic carbocycles. The van der Waals surface area contributed by atoms with Crippen molar-refractivity contribution in [3.63, 3.8) is 0 Å². The van der Waals surface area contributed by atoms with Gasteiger partial charge in [0.25, 0.3) is 0 Å². The third-order valence-electron chi connectivity index (χ3n) is 4.64. The molecule has 2 rings (SSSR count). The van der Waals surface area contributed by atoms with E-state index in [1.54, 1.807) is 0 Å². The van der Waals surface area contributed by atoms with E-state index in [2.05, 4.69) is 99.1 Å². The maximum atomic E-state index is 4.16. The molecule has 1 heteroatoms. The Balaban J connectivity index is 2.64. The highest BCUT2D eigenvalue weighted by molar-refractivity contribution is 6.97. The van der Waals surface area contributed by atoms with E-state index in [-0.39, 0.29) is 5.04 Å². The summed E-state index contributed by atoms with van der Waals surface area (Å²) in [5.74, 6) is 0. The summed E-state index contributed by atoms with van der Waals surface area (Å²) in [6.45, 7) is 13.0. The average molecular weight is 278 g/mol. The third-order valence-corrected chi connectivity index (χ3v) is 9.64. The minimum absolute atomic E-state index is 0.0721. The quantitative estimate of drug-likeness (QED) is 0.562.